The molecule has 0 radical (unpaired) electrons. The van der Waals surface area contributed by atoms with E-state index < -0.39 is 6.10 Å². The van der Waals surface area contributed by atoms with E-state index in [1.165, 1.54) is 5.56 Å². The molecule has 0 aliphatic heterocycles. The fourth-order valence-electron chi connectivity index (χ4n) is 1.21. The topological polar surface area (TPSA) is 52.5 Å². The molecule has 0 fully saturated rings. The first-order valence-corrected chi connectivity index (χ1v) is 5.78. The molecule has 4 heteroatoms. The van der Waals surface area contributed by atoms with Crippen LogP contribution in [-0.2, 0) is 6.42 Å². The monoisotopic (exact) mass is 273 g/mol. The molecule has 1 aromatic rings. The van der Waals surface area contributed by atoms with Crippen LogP contribution in [-0.4, -0.2) is 29.5 Å². The molecule has 0 spiro atoms. The predicted molar refractivity (Wildman–Crippen MR) is 65.1 cm³/mol. The normalized spacial score (nSPS) is 12.5. The van der Waals surface area contributed by atoms with Gasteiger partial charge in [-0.1, -0.05) is 13.0 Å². The van der Waals surface area contributed by atoms with Crippen molar-refractivity contribution in [2.75, 3.05) is 18.5 Å². The number of aryl methyl sites for hydroxylation is 1. The number of hydrogen-bond donors (Lipinski definition) is 3. The molecule has 0 saturated heterocycles. The van der Waals surface area contributed by atoms with Crippen LogP contribution < -0.4 is 5.32 Å². The van der Waals surface area contributed by atoms with E-state index in [9.17, 15) is 5.11 Å². The van der Waals surface area contributed by atoms with Crippen LogP contribution in [0.25, 0.3) is 0 Å². The van der Waals surface area contributed by atoms with E-state index in [-0.39, 0.29) is 6.61 Å². The molecule has 1 rings (SSSR count). The minimum Gasteiger partial charge on any atom is -0.394 e. The quantitative estimate of drug-likeness (QED) is 0.767. The number of hydrogen-bond acceptors (Lipinski definition) is 3. The molecule has 3 N–H and O–H groups in total. The molecule has 15 heavy (non-hydrogen) atoms. The van der Waals surface area contributed by atoms with Gasteiger partial charge in [-0.25, -0.2) is 0 Å². The molecule has 0 saturated carbocycles. The maximum Gasteiger partial charge on any atom is 0.0942 e. The van der Waals surface area contributed by atoms with Crippen LogP contribution in [0.15, 0.2) is 22.7 Å². The number of aliphatic hydroxyl groups excluding tert-OH is 2. The summed E-state index contributed by atoms with van der Waals surface area (Å²) in [6.07, 6.45) is 0.278. The van der Waals surface area contributed by atoms with Crippen molar-refractivity contribution >= 4 is 21.6 Å². The highest BCUT2D eigenvalue weighted by atomic mass is 79.9. The minimum atomic E-state index is -0.720. The van der Waals surface area contributed by atoms with Crippen molar-refractivity contribution in [1.82, 2.24) is 0 Å². The Bertz CT molecular complexity index is 317. The van der Waals surface area contributed by atoms with Crippen LogP contribution in [0, 0.1) is 0 Å². The van der Waals surface area contributed by atoms with Crippen LogP contribution in [0.3, 0.4) is 0 Å². The molecular weight excluding hydrogens is 258 g/mol. The Morgan fingerprint density at radius 3 is 2.73 bits per heavy atom. The van der Waals surface area contributed by atoms with Gasteiger partial charge in [0.2, 0.25) is 0 Å². The Morgan fingerprint density at radius 2 is 2.20 bits per heavy atom. The zero-order valence-corrected chi connectivity index (χ0v) is 10.3. The zero-order valence-electron chi connectivity index (χ0n) is 8.70. The fraction of sp³-hybridized carbons (Fsp3) is 0.455. The lowest BCUT2D eigenvalue weighted by molar-refractivity contribution is 0.105. The van der Waals surface area contributed by atoms with Gasteiger partial charge in [-0.15, -0.1) is 0 Å². The molecule has 0 bridgehead atoms. The van der Waals surface area contributed by atoms with E-state index in [0.29, 0.717) is 6.54 Å². The average molecular weight is 274 g/mol. The second-order valence-corrected chi connectivity index (χ2v) is 4.24. The van der Waals surface area contributed by atoms with Gasteiger partial charge in [0.25, 0.3) is 0 Å². The van der Waals surface area contributed by atoms with E-state index >= 15 is 0 Å². The highest BCUT2D eigenvalue weighted by Crippen LogP contribution is 2.23. The summed E-state index contributed by atoms with van der Waals surface area (Å²) in [6, 6.07) is 6.05. The molecule has 0 heterocycles. The van der Waals surface area contributed by atoms with Gasteiger partial charge in [0.15, 0.2) is 0 Å². The molecule has 1 unspecified atom stereocenters. The van der Waals surface area contributed by atoms with E-state index in [4.69, 9.17) is 5.11 Å². The first-order valence-electron chi connectivity index (χ1n) is 4.98. The Hall–Kier alpha value is -0.580. The number of rotatable bonds is 5. The van der Waals surface area contributed by atoms with Crippen molar-refractivity contribution in [2.45, 2.75) is 19.4 Å². The van der Waals surface area contributed by atoms with Gasteiger partial charge >= 0.3 is 0 Å². The molecule has 84 valence electrons. The lowest BCUT2D eigenvalue weighted by Gasteiger charge is -2.12. The van der Waals surface area contributed by atoms with Crippen LogP contribution >= 0.6 is 15.9 Å². The van der Waals surface area contributed by atoms with Crippen molar-refractivity contribution in [1.29, 1.82) is 0 Å². The summed E-state index contributed by atoms with van der Waals surface area (Å²) in [5, 5.41) is 20.9. The molecule has 0 amide bonds. The Kier molecular flexibility index (Phi) is 5.08. The Balaban J connectivity index is 2.62. The second-order valence-electron chi connectivity index (χ2n) is 3.39. The van der Waals surface area contributed by atoms with E-state index in [0.717, 1.165) is 16.6 Å². The molecule has 3 nitrogen and oxygen atoms in total. The van der Waals surface area contributed by atoms with Gasteiger partial charge in [0, 0.05) is 16.7 Å². The first-order chi connectivity index (χ1) is 7.17. The van der Waals surface area contributed by atoms with Gasteiger partial charge in [-0.05, 0) is 40.0 Å². The molecule has 1 atom stereocenters. The van der Waals surface area contributed by atoms with Crippen molar-refractivity contribution in [3.8, 4) is 0 Å². The minimum absolute atomic E-state index is 0.225. The highest BCUT2D eigenvalue weighted by Gasteiger charge is 2.04. The van der Waals surface area contributed by atoms with Gasteiger partial charge < -0.3 is 15.5 Å². The third-order valence-electron chi connectivity index (χ3n) is 2.18. The molecule has 1 aromatic carbocycles. The summed E-state index contributed by atoms with van der Waals surface area (Å²) in [5.41, 5.74) is 2.19. The molecule has 0 aliphatic carbocycles. The number of anilines is 1. The van der Waals surface area contributed by atoms with Crippen molar-refractivity contribution in [3.63, 3.8) is 0 Å². The number of nitrogens with one attached hydrogen (secondary N) is 1. The van der Waals surface area contributed by atoms with Gasteiger partial charge in [-0.2, -0.15) is 0 Å². The van der Waals surface area contributed by atoms with E-state index in [1.54, 1.807) is 0 Å². The lowest BCUT2D eigenvalue weighted by atomic mass is 10.1. The maximum absolute atomic E-state index is 9.18. The van der Waals surface area contributed by atoms with E-state index in [2.05, 4.69) is 28.2 Å². The smallest absolute Gasteiger partial charge is 0.0942 e. The lowest BCUT2D eigenvalue weighted by Crippen LogP contribution is -2.23. The highest BCUT2D eigenvalue weighted by molar-refractivity contribution is 9.10. The Labute approximate surface area is 98.3 Å². The van der Waals surface area contributed by atoms with E-state index in [1.807, 2.05) is 18.2 Å². The third kappa shape index (κ3) is 3.81. The largest absolute Gasteiger partial charge is 0.394 e. The average Bonchev–Trinajstić information content (AvgIpc) is 2.26. The molecular formula is C11H16BrNO2. The van der Waals surface area contributed by atoms with Crippen LogP contribution in [0.5, 0.6) is 0 Å². The summed E-state index contributed by atoms with van der Waals surface area (Å²) in [4.78, 5) is 0. The number of benzene rings is 1. The van der Waals surface area contributed by atoms with Gasteiger partial charge in [0.05, 0.1) is 12.7 Å². The summed E-state index contributed by atoms with van der Waals surface area (Å²) < 4.78 is 0.979. The van der Waals surface area contributed by atoms with Crippen molar-refractivity contribution in [2.24, 2.45) is 0 Å². The predicted octanol–water partition coefficient (Wildman–Crippen LogP) is 1.78. The SMILES string of the molecule is CCc1ccc(NCC(O)CO)c(Br)c1. The van der Waals surface area contributed by atoms with Crippen molar-refractivity contribution < 1.29 is 10.2 Å². The summed E-state index contributed by atoms with van der Waals surface area (Å²) in [5.74, 6) is 0. The van der Waals surface area contributed by atoms with Gasteiger partial charge in [0.1, 0.15) is 0 Å². The molecule has 0 aliphatic rings. The number of halogens is 1. The second kappa shape index (κ2) is 6.10. The fourth-order valence-corrected chi connectivity index (χ4v) is 1.78. The maximum atomic E-state index is 9.18. The zero-order chi connectivity index (χ0) is 11.3. The van der Waals surface area contributed by atoms with Crippen LogP contribution in [0.2, 0.25) is 0 Å². The summed E-state index contributed by atoms with van der Waals surface area (Å²) in [6.45, 7) is 2.22. The van der Waals surface area contributed by atoms with Gasteiger partial charge in [-0.3, -0.25) is 0 Å². The van der Waals surface area contributed by atoms with Crippen molar-refractivity contribution in [3.05, 3.63) is 28.2 Å². The molecule has 0 aromatic heterocycles. The number of aliphatic hydroxyl groups is 2. The third-order valence-corrected chi connectivity index (χ3v) is 2.84. The Morgan fingerprint density at radius 1 is 1.47 bits per heavy atom. The first kappa shape index (κ1) is 12.5. The summed E-state index contributed by atoms with van der Waals surface area (Å²) in [7, 11) is 0. The summed E-state index contributed by atoms with van der Waals surface area (Å²) >= 11 is 3.45. The standard InChI is InChI=1S/C11H16BrNO2/c1-2-8-3-4-11(10(12)5-8)13-6-9(15)7-14/h3-5,9,13-15H,2,6-7H2,1H3. The van der Waals surface area contributed by atoms with Crippen LogP contribution in [0.4, 0.5) is 5.69 Å². The van der Waals surface area contributed by atoms with Crippen LogP contribution in [0.1, 0.15) is 12.5 Å².